The number of aromatic nitrogens is 3. The van der Waals surface area contributed by atoms with Gasteiger partial charge >= 0.3 is 5.51 Å². The van der Waals surface area contributed by atoms with Gasteiger partial charge < -0.3 is 10.1 Å². The number of sulfonamides is 1. The maximum absolute atomic E-state index is 14.3. The van der Waals surface area contributed by atoms with Crippen molar-refractivity contribution >= 4 is 43.3 Å². The molecule has 3 aliphatic rings. The number of morpholine rings is 1. The number of thioether (sulfide) groups is 1. The SMILES string of the molecule is Cc1ccc(-c2ccccc2CN2CCC(N3CCn4c(nnc4NS(=O)(=O)c4ccc(N[C@H](CCN5CCOCC5)CSc5ccccc5)c(S(=O)(=O)C(F)(F)F)c4)C3)CC2C)cc1. The highest BCUT2D eigenvalue weighted by atomic mass is 32.2. The van der Waals surface area contributed by atoms with Crippen LogP contribution in [0.1, 0.15) is 43.1 Å². The van der Waals surface area contributed by atoms with Crippen LogP contribution in [0.3, 0.4) is 0 Å². The van der Waals surface area contributed by atoms with Crippen LogP contribution >= 0.6 is 11.8 Å². The molecule has 4 aromatic carbocycles. The minimum Gasteiger partial charge on any atom is -0.380 e. The molecule has 2 fully saturated rings. The Balaban J connectivity index is 0.946. The molecular formula is C46H55F3N8O5S3. The lowest BCUT2D eigenvalue weighted by atomic mass is 9.94. The number of hydrogen-bond donors (Lipinski definition) is 2. The zero-order valence-electron chi connectivity index (χ0n) is 36.5. The Bertz CT molecular complexity index is 2630. The van der Waals surface area contributed by atoms with Crippen molar-refractivity contribution in [2.45, 2.75) is 91.1 Å². The lowest BCUT2D eigenvalue weighted by Crippen LogP contribution is -2.50. The molecule has 0 radical (unpaired) electrons. The highest BCUT2D eigenvalue weighted by Crippen LogP contribution is 2.37. The Hall–Kier alpha value is -4.50. The van der Waals surface area contributed by atoms with Crippen LogP contribution in [0.15, 0.2) is 112 Å². The highest BCUT2D eigenvalue weighted by Gasteiger charge is 2.48. The van der Waals surface area contributed by atoms with E-state index in [-0.39, 0.29) is 17.7 Å². The summed E-state index contributed by atoms with van der Waals surface area (Å²) in [6.07, 6.45) is 2.36. The van der Waals surface area contributed by atoms with Crippen LogP contribution in [0.2, 0.25) is 0 Å². The van der Waals surface area contributed by atoms with Crippen LogP contribution in [0.5, 0.6) is 0 Å². The molecule has 19 heteroatoms. The summed E-state index contributed by atoms with van der Waals surface area (Å²) in [5.41, 5.74) is -1.09. The number of ether oxygens (including phenoxy) is 1. The number of nitrogens with one attached hydrogen (secondary N) is 2. The Morgan fingerprint density at radius 1 is 0.877 bits per heavy atom. The second kappa shape index (κ2) is 20.2. The van der Waals surface area contributed by atoms with Gasteiger partial charge in [-0.3, -0.25) is 19.3 Å². The van der Waals surface area contributed by atoms with Gasteiger partial charge in [0.15, 0.2) is 0 Å². The van der Waals surface area contributed by atoms with Crippen LogP contribution in [-0.4, -0.2) is 122 Å². The first-order valence-corrected chi connectivity index (χ1v) is 25.9. The number of nitrogens with zero attached hydrogens (tertiary/aromatic N) is 6. The zero-order chi connectivity index (χ0) is 45.8. The molecule has 2 saturated heterocycles. The molecule has 4 heterocycles. The quantitative estimate of drug-likeness (QED) is 0.0946. The minimum absolute atomic E-state index is 0.0985. The zero-order valence-corrected chi connectivity index (χ0v) is 38.9. The lowest BCUT2D eigenvalue weighted by Gasteiger charge is -2.43. The monoisotopic (exact) mass is 952 g/mol. The summed E-state index contributed by atoms with van der Waals surface area (Å²) >= 11 is 1.48. The van der Waals surface area contributed by atoms with Gasteiger partial charge in [-0.2, -0.15) is 13.2 Å². The van der Waals surface area contributed by atoms with Crippen LogP contribution in [0.4, 0.5) is 24.8 Å². The summed E-state index contributed by atoms with van der Waals surface area (Å²) in [5, 5.41) is 11.5. The normalized spacial score (nSPS) is 19.7. The van der Waals surface area contributed by atoms with Gasteiger partial charge in [0.05, 0.1) is 30.3 Å². The van der Waals surface area contributed by atoms with E-state index in [9.17, 15) is 30.0 Å². The number of benzene rings is 4. The summed E-state index contributed by atoms with van der Waals surface area (Å²) in [6.45, 7) is 10.6. The number of sulfone groups is 1. The third-order valence-electron chi connectivity index (χ3n) is 12.6. The molecule has 2 unspecified atom stereocenters. The van der Waals surface area contributed by atoms with Crippen molar-refractivity contribution in [3.63, 3.8) is 0 Å². The summed E-state index contributed by atoms with van der Waals surface area (Å²) in [7, 11) is -10.6. The molecule has 3 aliphatic heterocycles. The van der Waals surface area contributed by atoms with E-state index in [0.29, 0.717) is 82.6 Å². The summed E-state index contributed by atoms with van der Waals surface area (Å²) in [5.74, 6) is 0.852. The topological polar surface area (TPSA) is 142 Å². The van der Waals surface area contributed by atoms with Gasteiger partial charge in [0, 0.05) is 74.6 Å². The van der Waals surface area contributed by atoms with E-state index in [1.54, 1.807) is 4.57 Å². The average molecular weight is 953 g/mol. The van der Waals surface area contributed by atoms with Crippen LogP contribution in [-0.2, 0) is 44.2 Å². The van der Waals surface area contributed by atoms with Crippen molar-refractivity contribution in [1.29, 1.82) is 0 Å². The Morgan fingerprint density at radius 2 is 1.62 bits per heavy atom. The molecule has 0 spiro atoms. The number of fused-ring (bicyclic) bond motifs is 1. The molecule has 8 rings (SSSR count). The van der Waals surface area contributed by atoms with E-state index < -0.39 is 41.2 Å². The number of hydrogen-bond acceptors (Lipinski definition) is 12. The second-order valence-corrected chi connectivity index (χ2v) is 21.7. The standard InChI is InChI=1S/C46H55F3N8O5S3/c1-33-12-14-35(15-13-33)41-11-7-6-8-36(41)30-55-21-19-38(28-34(55)2)56-22-23-57-44(31-56)51-52-45(57)53-65(60,61)40-16-17-42(43(29-40)64(58,59)46(47,48)49)50-37(18-20-54-24-26-62-27-25-54)32-63-39-9-4-3-5-10-39/h3-17,29,34,37-38,50H,18-28,30-32H2,1-2H3,(H,52,53)/t34?,37-,38?/m1/s1. The van der Waals surface area contributed by atoms with Crippen molar-refractivity contribution in [2.24, 2.45) is 0 Å². The number of piperidine rings is 1. The van der Waals surface area contributed by atoms with E-state index in [0.717, 1.165) is 43.0 Å². The third-order valence-corrected chi connectivity index (χ3v) is 16.6. The number of anilines is 2. The minimum atomic E-state index is -6.00. The maximum Gasteiger partial charge on any atom is 0.501 e. The molecule has 3 atom stereocenters. The molecule has 0 aliphatic carbocycles. The Morgan fingerprint density at radius 3 is 2.35 bits per heavy atom. The van der Waals surface area contributed by atoms with Crippen LogP contribution < -0.4 is 10.0 Å². The number of halogens is 3. The maximum atomic E-state index is 14.3. The fourth-order valence-electron chi connectivity index (χ4n) is 8.83. The first-order valence-electron chi connectivity index (χ1n) is 21.9. The smallest absolute Gasteiger partial charge is 0.380 e. The Kier molecular flexibility index (Phi) is 14.6. The molecule has 65 heavy (non-hydrogen) atoms. The summed E-state index contributed by atoms with van der Waals surface area (Å²) in [4.78, 5) is 6.15. The second-order valence-electron chi connectivity index (χ2n) is 17.0. The van der Waals surface area contributed by atoms with Crippen molar-refractivity contribution in [1.82, 2.24) is 29.5 Å². The molecule has 0 bridgehead atoms. The molecule has 0 saturated carbocycles. The summed E-state index contributed by atoms with van der Waals surface area (Å²) in [6, 6.07) is 29.5. The van der Waals surface area contributed by atoms with Crippen molar-refractivity contribution in [3.8, 4) is 11.1 Å². The van der Waals surface area contributed by atoms with Gasteiger partial charge in [0.25, 0.3) is 19.9 Å². The third kappa shape index (κ3) is 11.2. The van der Waals surface area contributed by atoms with Crippen molar-refractivity contribution in [3.05, 3.63) is 114 Å². The average Bonchev–Trinajstić information content (AvgIpc) is 3.69. The largest absolute Gasteiger partial charge is 0.501 e. The van der Waals surface area contributed by atoms with Crippen molar-refractivity contribution < 1.29 is 34.7 Å². The van der Waals surface area contributed by atoms with E-state index >= 15 is 0 Å². The van der Waals surface area contributed by atoms with E-state index in [1.165, 1.54) is 34.0 Å². The van der Waals surface area contributed by atoms with Crippen LogP contribution in [0, 0.1) is 6.92 Å². The predicted octanol–water partition coefficient (Wildman–Crippen LogP) is 7.51. The van der Waals surface area contributed by atoms with Gasteiger partial charge in [-0.05, 0) is 80.1 Å². The van der Waals surface area contributed by atoms with Gasteiger partial charge in [-0.1, -0.05) is 72.3 Å². The molecule has 5 aromatic rings. The van der Waals surface area contributed by atoms with Crippen LogP contribution in [0.25, 0.3) is 11.1 Å². The van der Waals surface area contributed by atoms with Gasteiger partial charge in [-0.25, -0.2) is 21.6 Å². The summed E-state index contributed by atoms with van der Waals surface area (Å²) < 4.78 is 106. The molecule has 2 N–H and O–H groups in total. The number of aryl methyl sites for hydroxylation is 1. The molecule has 348 valence electrons. The predicted molar refractivity (Wildman–Crippen MR) is 247 cm³/mol. The van der Waals surface area contributed by atoms with Gasteiger partial charge in [-0.15, -0.1) is 22.0 Å². The molecular weight excluding hydrogens is 898 g/mol. The van der Waals surface area contributed by atoms with E-state index in [4.69, 9.17) is 4.74 Å². The fourth-order valence-corrected chi connectivity index (χ4v) is 11.9. The molecule has 1 aromatic heterocycles. The number of alkyl halides is 3. The lowest BCUT2D eigenvalue weighted by molar-refractivity contribution is -0.0435. The van der Waals surface area contributed by atoms with Crippen molar-refractivity contribution in [2.75, 3.05) is 61.7 Å². The van der Waals surface area contributed by atoms with E-state index in [1.807, 2.05) is 30.3 Å². The van der Waals surface area contributed by atoms with E-state index in [2.05, 4.69) is 97.3 Å². The molecule has 13 nitrogen and oxygen atoms in total. The fraction of sp³-hybridized carbons (Fsp3) is 0.435. The first-order chi connectivity index (χ1) is 31.1. The van der Waals surface area contributed by atoms with Gasteiger partial charge in [0.1, 0.15) is 10.7 Å². The Labute approximate surface area is 383 Å². The molecule has 0 amide bonds. The number of rotatable bonds is 16. The first kappa shape index (κ1) is 47.0. The number of likely N-dealkylation sites (tertiary alicyclic amines) is 1. The van der Waals surface area contributed by atoms with Gasteiger partial charge in [0.2, 0.25) is 5.95 Å². The highest BCUT2D eigenvalue weighted by molar-refractivity contribution is 7.99.